The fourth-order valence-corrected chi connectivity index (χ4v) is 4.12. The zero-order valence-electron chi connectivity index (χ0n) is 21.6. The van der Waals surface area contributed by atoms with E-state index in [9.17, 15) is 17.6 Å². The largest absolute Gasteiger partial charge is 0.362 e. The molecule has 0 heterocycles. The molecule has 0 radical (unpaired) electrons. The molecule has 0 aliphatic heterocycles. The molecule has 0 aromatic heterocycles. The van der Waals surface area contributed by atoms with Crippen LogP contribution in [0.3, 0.4) is 0 Å². The fraction of sp³-hybridized carbons (Fsp3) is 0.467. The van der Waals surface area contributed by atoms with Gasteiger partial charge < -0.3 is 4.74 Å². The van der Waals surface area contributed by atoms with Gasteiger partial charge in [-0.05, 0) is 25.7 Å². The molecule has 0 bridgehead atoms. The van der Waals surface area contributed by atoms with E-state index in [4.69, 9.17) is 4.74 Å². The van der Waals surface area contributed by atoms with Crippen LogP contribution in [0, 0.1) is 0 Å². The summed E-state index contributed by atoms with van der Waals surface area (Å²) in [7, 11) is 0. The Balaban J connectivity index is 2.45. The second-order valence-corrected chi connectivity index (χ2v) is 9.54. The van der Waals surface area contributed by atoms with Crippen molar-refractivity contribution >= 4 is 0 Å². The van der Waals surface area contributed by atoms with Gasteiger partial charge in [-0.2, -0.15) is 17.6 Å². The average molecular weight is 563 g/mol. The van der Waals surface area contributed by atoms with Crippen molar-refractivity contribution in [2.45, 2.75) is 87.3 Å². The van der Waals surface area contributed by atoms with Crippen LogP contribution in [0.5, 0.6) is 0 Å². The van der Waals surface area contributed by atoms with Gasteiger partial charge >= 0.3 is 0 Å². The SMILES string of the molecule is C=CCCC(F)(F)CCC(OC(CCC(F)(F)CCC=C)C(F)(F)c1ccccc1)C(F)(F)c1ccccc1. The second kappa shape index (κ2) is 14.1. The van der Waals surface area contributed by atoms with Crippen molar-refractivity contribution in [2.75, 3.05) is 0 Å². The monoisotopic (exact) mass is 562 g/mol. The fourth-order valence-electron chi connectivity index (χ4n) is 4.12. The lowest BCUT2D eigenvalue weighted by Crippen LogP contribution is -2.44. The molecule has 0 aliphatic carbocycles. The summed E-state index contributed by atoms with van der Waals surface area (Å²) in [4.78, 5) is 0. The number of halogens is 8. The predicted octanol–water partition coefficient (Wildman–Crippen LogP) is 10.1. The van der Waals surface area contributed by atoms with Crippen molar-refractivity contribution in [2.24, 2.45) is 0 Å². The van der Waals surface area contributed by atoms with Crippen molar-refractivity contribution in [1.82, 2.24) is 0 Å². The van der Waals surface area contributed by atoms with E-state index in [2.05, 4.69) is 13.2 Å². The van der Waals surface area contributed by atoms with E-state index < -0.39 is 85.5 Å². The summed E-state index contributed by atoms with van der Waals surface area (Å²) in [6, 6.07) is 12.2. The van der Waals surface area contributed by atoms with Gasteiger partial charge in [0.2, 0.25) is 11.8 Å². The first-order chi connectivity index (χ1) is 18.2. The molecule has 0 saturated carbocycles. The maximum atomic E-state index is 15.6. The molecule has 2 aromatic rings. The van der Waals surface area contributed by atoms with Crippen LogP contribution < -0.4 is 0 Å². The lowest BCUT2D eigenvalue weighted by atomic mass is 9.94. The highest BCUT2D eigenvalue weighted by molar-refractivity contribution is 5.23. The molecule has 39 heavy (non-hydrogen) atoms. The minimum Gasteiger partial charge on any atom is -0.362 e. The van der Waals surface area contributed by atoms with Crippen LogP contribution >= 0.6 is 0 Å². The number of rotatable bonds is 18. The summed E-state index contributed by atoms with van der Waals surface area (Å²) in [6.07, 6.45) is -7.98. The van der Waals surface area contributed by atoms with Gasteiger partial charge in [0.1, 0.15) is 12.2 Å². The molecule has 0 fully saturated rings. The van der Waals surface area contributed by atoms with Crippen molar-refractivity contribution in [3.05, 3.63) is 97.1 Å². The molecule has 9 heteroatoms. The smallest absolute Gasteiger partial charge is 0.298 e. The van der Waals surface area contributed by atoms with Gasteiger partial charge in [0.15, 0.2) is 0 Å². The van der Waals surface area contributed by atoms with Gasteiger partial charge in [-0.1, -0.05) is 72.8 Å². The zero-order chi connectivity index (χ0) is 29.2. The third kappa shape index (κ3) is 9.78. The van der Waals surface area contributed by atoms with Gasteiger partial charge in [-0.25, -0.2) is 17.6 Å². The number of ether oxygens (including phenoxy) is 1. The zero-order valence-corrected chi connectivity index (χ0v) is 21.6. The van der Waals surface area contributed by atoms with Crippen LogP contribution in [0.25, 0.3) is 0 Å². The van der Waals surface area contributed by atoms with E-state index in [0.717, 1.165) is 24.3 Å². The first kappa shape index (κ1) is 32.5. The highest BCUT2D eigenvalue weighted by Crippen LogP contribution is 2.44. The Morgan fingerprint density at radius 3 is 1.21 bits per heavy atom. The van der Waals surface area contributed by atoms with Crippen LogP contribution in [-0.4, -0.2) is 24.1 Å². The number of allylic oxidation sites excluding steroid dienone is 2. The van der Waals surface area contributed by atoms with Gasteiger partial charge in [0, 0.05) is 36.8 Å². The summed E-state index contributed by atoms with van der Waals surface area (Å²) in [5.41, 5.74) is -1.25. The summed E-state index contributed by atoms with van der Waals surface area (Å²) in [5, 5.41) is 0. The quantitative estimate of drug-likeness (QED) is 0.130. The van der Waals surface area contributed by atoms with Crippen LogP contribution in [0.4, 0.5) is 35.1 Å². The summed E-state index contributed by atoms with van der Waals surface area (Å²) < 4.78 is 126. The standard InChI is InChI=1S/C30H34F8O/c1-3-5-19-27(31,32)21-17-25(29(35,36)23-13-9-7-10-14-23)39-26(18-22-28(33,34)20-6-4-2)30(37,38)24-15-11-8-12-16-24/h3-4,7-16,25-26H,1-2,5-6,17-22H2. The minimum atomic E-state index is -3.97. The Labute approximate surface area is 224 Å². The molecule has 2 atom stereocenters. The van der Waals surface area contributed by atoms with E-state index in [-0.39, 0.29) is 12.8 Å². The number of hydrogen-bond donors (Lipinski definition) is 0. The van der Waals surface area contributed by atoms with Crippen LogP contribution in [0.1, 0.15) is 62.5 Å². The maximum Gasteiger partial charge on any atom is 0.298 e. The van der Waals surface area contributed by atoms with Gasteiger partial charge in [-0.15, -0.1) is 13.2 Å². The third-order valence-corrected chi connectivity index (χ3v) is 6.43. The van der Waals surface area contributed by atoms with Crippen molar-refractivity contribution in [3.63, 3.8) is 0 Å². The number of benzene rings is 2. The number of alkyl halides is 8. The van der Waals surface area contributed by atoms with Crippen LogP contribution in [-0.2, 0) is 16.6 Å². The predicted molar refractivity (Wildman–Crippen MR) is 137 cm³/mol. The molecule has 0 spiro atoms. The lowest BCUT2D eigenvalue weighted by Gasteiger charge is -2.36. The highest BCUT2D eigenvalue weighted by atomic mass is 19.3. The van der Waals surface area contributed by atoms with Crippen molar-refractivity contribution in [1.29, 1.82) is 0 Å². The molecule has 2 aromatic carbocycles. The van der Waals surface area contributed by atoms with Crippen LogP contribution in [0.2, 0.25) is 0 Å². The first-order valence-corrected chi connectivity index (χ1v) is 12.7. The van der Waals surface area contributed by atoms with Gasteiger partial charge in [-0.3, -0.25) is 0 Å². The van der Waals surface area contributed by atoms with E-state index >= 15 is 17.6 Å². The number of hydrogen-bond acceptors (Lipinski definition) is 1. The third-order valence-electron chi connectivity index (χ3n) is 6.43. The molecule has 0 aliphatic rings. The Hall–Kier alpha value is -2.68. The Morgan fingerprint density at radius 2 is 0.897 bits per heavy atom. The Bertz CT molecular complexity index is 927. The second-order valence-electron chi connectivity index (χ2n) is 9.54. The Kier molecular flexibility index (Phi) is 11.8. The summed E-state index contributed by atoms with van der Waals surface area (Å²) >= 11 is 0. The molecule has 0 amide bonds. The van der Waals surface area contributed by atoms with Crippen molar-refractivity contribution < 1.29 is 39.9 Å². The van der Waals surface area contributed by atoms with Crippen LogP contribution in [0.15, 0.2) is 86.0 Å². The first-order valence-electron chi connectivity index (χ1n) is 12.7. The summed E-state index contributed by atoms with van der Waals surface area (Å²) in [5.74, 6) is -14.7. The molecular formula is C30H34F8O. The topological polar surface area (TPSA) is 9.23 Å². The molecule has 1 nitrogen and oxygen atoms in total. The summed E-state index contributed by atoms with van der Waals surface area (Å²) in [6.45, 7) is 6.73. The van der Waals surface area contributed by atoms with E-state index in [1.165, 1.54) is 48.6 Å². The van der Waals surface area contributed by atoms with E-state index in [1.807, 2.05) is 0 Å². The van der Waals surface area contributed by atoms with E-state index in [0.29, 0.717) is 0 Å². The highest BCUT2D eigenvalue weighted by Gasteiger charge is 2.50. The average Bonchev–Trinajstić information content (AvgIpc) is 2.91. The lowest BCUT2D eigenvalue weighted by molar-refractivity contribution is -0.230. The molecule has 2 rings (SSSR count). The van der Waals surface area contributed by atoms with Crippen molar-refractivity contribution in [3.8, 4) is 0 Å². The molecular weight excluding hydrogens is 528 g/mol. The van der Waals surface area contributed by atoms with Gasteiger partial charge in [0.05, 0.1) is 0 Å². The van der Waals surface area contributed by atoms with E-state index in [1.54, 1.807) is 0 Å². The molecule has 216 valence electrons. The molecule has 0 saturated heterocycles. The maximum absolute atomic E-state index is 15.6. The normalized spacial score (nSPS) is 14.6. The minimum absolute atomic E-state index is 0.0813. The molecule has 0 N–H and O–H groups in total. The Morgan fingerprint density at radius 1 is 0.564 bits per heavy atom. The van der Waals surface area contributed by atoms with Gasteiger partial charge in [0.25, 0.3) is 11.8 Å². The molecule has 2 unspecified atom stereocenters.